The molecule has 2 atom stereocenters. The molecule has 0 saturated carbocycles. The maximum absolute atomic E-state index is 11.0. The van der Waals surface area contributed by atoms with Crippen LogP contribution in [0.4, 0.5) is 0 Å². The third-order valence-corrected chi connectivity index (χ3v) is 4.51. The summed E-state index contributed by atoms with van der Waals surface area (Å²) in [5.74, 6) is 0.0192. The summed E-state index contributed by atoms with van der Waals surface area (Å²) in [5.41, 5.74) is 3.29. The predicted octanol–water partition coefficient (Wildman–Crippen LogP) is 4.18. The van der Waals surface area contributed by atoms with Gasteiger partial charge in [0, 0.05) is 12.5 Å². The van der Waals surface area contributed by atoms with E-state index in [-0.39, 0.29) is 5.92 Å². The Bertz CT molecular complexity index is 796. The number of benzene rings is 3. The molecule has 118 valence electrons. The summed E-state index contributed by atoms with van der Waals surface area (Å²) >= 11 is 0. The van der Waals surface area contributed by atoms with Crippen LogP contribution in [0.2, 0.25) is 0 Å². The quantitative estimate of drug-likeness (QED) is 0.741. The first kappa shape index (κ1) is 15.7. The van der Waals surface area contributed by atoms with E-state index in [1.54, 1.807) is 0 Å². The van der Waals surface area contributed by atoms with E-state index >= 15 is 0 Å². The summed E-state index contributed by atoms with van der Waals surface area (Å²) in [6.45, 7) is 2.78. The first-order valence-electron chi connectivity index (χ1n) is 8.07. The zero-order valence-electron chi connectivity index (χ0n) is 13.7. The Morgan fingerprint density at radius 1 is 0.913 bits per heavy atom. The molecule has 0 aliphatic heterocycles. The van der Waals surface area contributed by atoms with Crippen molar-refractivity contribution in [2.75, 3.05) is 13.6 Å². The summed E-state index contributed by atoms with van der Waals surface area (Å²) in [6, 6.07) is 22.9. The van der Waals surface area contributed by atoms with Crippen LogP contribution in [0.15, 0.2) is 66.7 Å². The zero-order valence-corrected chi connectivity index (χ0v) is 13.7. The summed E-state index contributed by atoms with van der Waals surface area (Å²) in [7, 11) is 1.93. The fourth-order valence-electron chi connectivity index (χ4n) is 3.21. The van der Waals surface area contributed by atoms with Gasteiger partial charge in [0.25, 0.3) is 0 Å². The monoisotopic (exact) mass is 305 g/mol. The number of aryl methyl sites for hydroxylation is 1. The van der Waals surface area contributed by atoms with Gasteiger partial charge in [-0.15, -0.1) is 0 Å². The van der Waals surface area contributed by atoms with Crippen LogP contribution in [0.3, 0.4) is 0 Å². The van der Waals surface area contributed by atoms with Gasteiger partial charge in [-0.1, -0.05) is 66.7 Å². The third-order valence-electron chi connectivity index (χ3n) is 4.51. The van der Waals surface area contributed by atoms with E-state index < -0.39 is 6.10 Å². The highest BCUT2D eigenvalue weighted by Gasteiger charge is 2.23. The van der Waals surface area contributed by atoms with Gasteiger partial charge in [0.1, 0.15) is 0 Å². The molecule has 2 N–H and O–H groups in total. The van der Waals surface area contributed by atoms with Gasteiger partial charge in [-0.25, -0.2) is 0 Å². The molecule has 2 heteroatoms. The molecule has 0 radical (unpaired) electrons. The first-order valence-corrected chi connectivity index (χ1v) is 8.07. The maximum atomic E-state index is 11.0. The average molecular weight is 305 g/mol. The Balaban J connectivity index is 2.01. The number of fused-ring (bicyclic) bond motifs is 1. The van der Waals surface area contributed by atoms with Crippen molar-refractivity contribution >= 4 is 10.8 Å². The molecule has 0 aromatic heterocycles. The topological polar surface area (TPSA) is 32.3 Å². The molecule has 2 nitrogen and oxygen atoms in total. The molecule has 0 aliphatic carbocycles. The van der Waals surface area contributed by atoms with Gasteiger partial charge >= 0.3 is 0 Å². The minimum Gasteiger partial charge on any atom is -0.388 e. The molecule has 0 bridgehead atoms. The third kappa shape index (κ3) is 3.29. The van der Waals surface area contributed by atoms with Crippen molar-refractivity contribution in [2.45, 2.75) is 18.9 Å². The lowest BCUT2D eigenvalue weighted by atomic mass is 9.86. The lowest BCUT2D eigenvalue weighted by molar-refractivity contribution is 0.143. The van der Waals surface area contributed by atoms with Crippen molar-refractivity contribution in [3.63, 3.8) is 0 Å². The van der Waals surface area contributed by atoms with Gasteiger partial charge < -0.3 is 10.4 Å². The number of hydrogen-bond donors (Lipinski definition) is 2. The summed E-state index contributed by atoms with van der Waals surface area (Å²) < 4.78 is 0. The second-order valence-electron chi connectivity index (χ2n) is 6.07. The van der Waals surface area contributed by atoms with E-state index in [4.69, 9.17) is 0 Å². The van der Waals surface area contributed by atoms with Crippen LogP contribution in [0, 0.1) is 6.92 Å². The van der Waals surface area contributed by atoms with Crippen molar-refractivity contribution < 1.29 is 5.11 Å². The normalized spacial score (nSPS) is 13.9. The average Bonchev–Trinajstić information content (AvgIpc) is 2.59. The number of rotatable bonds is 5. The minimum atomic E-state index is -0.523. The smallest absolute Gasteiger partial charge is 0.0873 e. The van der Waals surface area contributed by atoms with Crippen LogP contribution in [0.5, 0.6) is 0 Å². The van der Waals surface area contributed by atoms with Crippen LogP contribution in [0.25, 0.3) is 10.8 Å². The van der Waals surface area contributed by atoms with Crippen molar-refractivity contribution in [1.82, 2.24) is 5.32 Å². The van der Waals surface area contributed by atoms with Crippen molar-refractivity contribution in [1.29, 1.82) is 0 Å². The van der Waals surface area contributed by atoms with E-state index in [1.807, 2.05) is 25.2 Å². The standard InChI is InChI=1S/C21H23NO/c1-15-7-3-6-10-19(15)21(23)20(14-22-2)18-12-11-16-8-4-5-9-17(16)13-18/h3-13,20-23H,14H2,1-2H3/t20-,21-/m1/s1. The Labute approximate surface area is 137 Å². The summed E-state index contributed by atoms with van der Waals surface area (Å²) in [4.78, 5) is 0. The number of aliphatic hydroxyl groups excluding tert-OH is 1. The van der Waals surface area contributed by atoms with Gasteiger partial charge in [-0.2, -0.15) is 0 Å². The molecule has 0 heterocycles. The van der Waals surface area contributed by atoms with Gasteiger partial charge in [-0.05, 0) is 41.4 Å². The summed E-state index contributed by atoms with van der Waals surface area (Å²) in [6.07, 6.45) is -0.523. The van der Waals surface area contributed by atoms with E-state index in [2.05, 4.69) is 60.8 Å². The number of hydrogen-bond acceptors (Lipinski definition) is 2. The highest BCUT2D eigenvalue weighted by molar-refractivity contribution is 5.83. The fourth-order valence-corrected chi connectivity index (χ4v) is 3.21. The van der Waals surface area contributed by atoms with Crippen LogP contribution in [-0.4, -0.2) is 18.7 Å². The van der Waals surface area contributed by atoms with Gasteiger partial charge in [0.05, 0.1) is 6.10 Å². The van der Waals surface area contributed by atoms with Crippen LogP contribution < -0.4 is 5.32 Å². The number of aliphatic hydroxyl groups is 1. The van der Waals surface area contributed by atoms with E-state index in [0.717, 1.165) is 23.2 Å². The van der Waals surface area contributed by atoms with Crippen molar-refractivity contribution in [2.24, 2.45) is 0 Å². The van der Waals surface area contributed by atoms with Crippen LogP contribution >= 0.6 is 0 Å². The predicted molar refractivity (Wildman–Crippen MR) is 96.8 cm³/mol. The highest BCUT2D eigenvalue weighted by atomic mass is 16.3. The molecular formula is C21H23NO. The Hall–Kier alpha value is -2.16. The maximum Gasteiger partial charge on any atom is 0.0873 e. The molecule has 23 heavy (non-hydrogen) atoms. The van der Waals surface area contributed by atoms with Gasteiger partial charge in [-0.3, -0.25) is 0 Å². The second-order valence-corrected chi connectivity index (χ2v) is 6.07. The minimum absolute atomic E-state index is 0.0192. The molecular weight excluding hydrogens is 282 g/mol. The largest absolute Gasteiger partial charge is 0.388 e. The molecule has 0 aliphatic rings. The van der Waals surface area contributed by atoms with E-state index in [0.29, 0.717) is 0 Å². The molecule has 0 saturated heterocycles. The van der Waals surface area contributed by atoms with Gasteiger partial charge in [0.15, 0.2) is 0 Å². The molecule has 0 unspecified atom stereocenters. The molecule has 0 amide bonds. The molecule has 3 aromatic carbocycles. The molecule has 3 aromatic rings. The lowest BCUT2D eigenvalue weighted by Crippen LogP contribution is -2.23. The van der Waals surface area contributed by atoms with E-state index in [1.165, 1.54) is 10.8 Å². The number of nitrogens with one attached hydrogen (secondary N) is 1. The fraction of sp³-hybridized carbons (Fsp3) is 0.238. The second kappa shape index (κ2) is 6.95. The Kier molecular flexibility index (Phi) is 4.75. The SMILES string of the molecule is CNC[C@H](c1ccc2ccccc2c1)[C@H](O)c1ccccc1C. The van der Waals surface area contributed by atoms with Crippen molar-refractivity contribution in [3.8, 4) is 0 Å². The van der Waals surface area contributed by atoms with Crippen LogP contribution in [0.1, 0.15) is 28.7 Å². The summed E-state index contributed by atoms with van der Waals surface area (Å²) in [5, 5.41) is 16.6. The first-order chi connectivity index (χ1) is 11.2. The van der Waals surface area contributed by atoms with Crippen molar-refractivity contribution in [3.05, 3.63) is 83.4 Å². The Morgan fingerprint density at radius 2 is 1.61 bits per heavy atom. The molecule has 3 rings (SSSR count). The van der Waals surface area contributed by atoms with E-state index in [9.17, 15) is 5.11 Å². The van der Waals surface area contributed by atoms with Crippen LogP contribution in [-0.2, 0) is 0 Å². The zero-order chi connectivity index (χ0) is 16.2. The number of likely N-dealkylation sites (N-methyl/N-ethyl adjacent to an activating group) is 1. The Morgan fingerprint density at radius 3 is 2.35 bits per heavy atom. The molecule has 0 fully saturated rings. The van der Waals surface area contributed by atoms with Gasteiger partial charge in [0.2, 0.25) is 0 Å². The molecule has 0 spiro atoms. The lowest BCUT2D eigenvalue weighted by Gasteiger charge is -2.25. The highest BCUT2D eigenvalue weighted by Crippen LogP contribution is 2.33.